The van der Waals surface area contributed by atoms with Crippen molar-refractivity contribution in [3.05, 3.63) is 15.4 Å². The number of aromatic hydroxyl groups is 1. The van der Waals surface area contributed by atoms with Crippen LogP contribution in [-0.2, 0) is 6.54 Å². The summed E-state index contributed by atoms with van der Waals surface area (Å²) in [4.78, 5) is 0.793. The summed E-state index contributed by atoms with van der Waals surface area (Å²) in [6.07, 6.45) is 0. The van der Waals surface area contributed by atoms with Gasteiger partial charge in [-0.25, -0.2) is 0 Å². The second kappa shape index (κ2) is 3.41. The molecule has 0 aromatic carbocycles. The molecule has 0 unspecified atom stereocenters. The molecule has 0 fully saturated rings. The first kappa shape index (κ1) is 9.48. The van der Waals surface area contributed by atoms with E-state index in [0.717, 1.165) is 10.5 Å². The van der Waals surface area contributed by atoms with E-state index in [4.69, 9.17) is 12.2 Å². The van der Waals surface area contributed by atoms with Crippen LogP contribution in [0.15, 0.2) is 6.58 Å². The smallest absolute Gasteiger partial charge is 0.210 e. The summed E-state index contributed by atoms with van der Waals surface area (Å²) in [5.41, 5.74) is 0.857. The fourth-order valence-electron chi connectivity index (χ4n) is 0.954. The van der Waals surface area contributed by atoms with Crippen LogP contribution in [-0.4, -0.2) is 9.67 Å². The predicted octanol–water partition coefficient (Wildman–Crippen LogP) is 3.04. The average molecular weight is 201 g/mol. The topological polar surface area (TPSA) is 25.2 Å². The zero-order chi connectivity index (χ0) is 9.30. The minimum Gasteiger partial charge on any atom is -0.493 e. The van der Waals surface area contributed by atoms with Crippen LogP contribution in [0.4, 0.5) is 0 Å². The van der Waals surface area contributed by atoms with Crippen molar-refractivity contribution in [3.8, 4) is 5.88 Å². The molecule has 0 saturated carbocycles. The second-order valence-corrected chi connectivity index (χ2v) is 4.19. The normalized spacial score (nSPS) is 10.2. The lowest BCUT2D eigenvalue weighted by Crippen LogP contribution is -1.91. The fraction of sp³-hybridized carbons (Fsp3) is 0.375. The highest BCUT2D eigenvalue weighted by molar-refractivity contribution is 7.73. The van der Waals surface area contributed by atoms with Crippen molar-refractivity contribution in [3.63, 3.8) is 0 Å². The van der Waals surface area contributed by atoms with Crippen LogP contribution in [0.2, 0.25) is 0 Å². The Morgan fingerprint density at radius 2 is 2.33 bits per heavy atom. The highest BCUT2D eigenvalue weighted by atomic mass is 32.1. The van der Waals surface area contributed by atoms with Crippen molar-refractivity contribution >= 4 is 29.1 Å². The maximum absolute atomic E-state index is 9.63. The molecule has 0 aliphatic heterocycles. The van der Waals surface area contributed by atoms with Crippen LogP contribution in [0.1, 0.15) is 18.7 Å². The SMILES string of the molecule is C=C(C)c1sc(=S)n(CC)c1O. The van der Waals surface area contributed by atoms with Gasteiger partial charge in [0.05, 0.1) is 4.88 Å². The molecule has 1 rings (SSSR count). The third kappa shape index (κ3) is 1.44. The highest BCUT2D eigenvalue weighted by Gasteiger charge is 2.09. The molecule has 2 nitrogen and oxygen atoms in total. The summed E-state index contributed by atoms with van der Waals surface area (Å²) >= 11 is 6.46. The van der Waals surface area contributed by atoms with Gasteiger partial charge in [0.1, 0.15) is 0 Å². The van der Waals surface area contributed by atoms with Gasteiger partial charge in [-0.2, -0.15) is 0 Å². The summed E-state index contributed by atoms with van der Waals surface area (Å²) in [6, 6.07) is 0. The Kier molecular flexibility index (Phi) is 2.69. The Morgan fingerprint density at radius 1 is 1.75 bits per heavy atom. The molecule has 0 aliphatic carbocycles. The molecule has 1 aromatic heterocycles. The van der Waals surface area contributed by atoms with Gasteiger partial charge in [0.15, 0.2) is 3.95 Å². The molecule has 12 heavy (non-hydrogen) atoms. The van der Waals surface area contributed by atoms with Crippen molar-refractivity contribution in [1.29, 1.82) is 0 Å². The van der Waals surface area contributed by atoms with E-state index in [2.05, 4.69) is 6.58 Å². The minimum atomic E-state index is 0.250. The van der Waals surface area contributed by atoms with Crippen molar-refractivity contribution in [2.24, 2.45) is 0 Å². The van der Waals surface area contributed by atoms with Crippen LogP contribution in [0.3, 0.4) is 0 Å². The van der Waals surface area contributed by atoms with Crippen molar-refractivity contribution in [2.75, 3.05) is 0 Å². The van der Waals surface area contributed by atoms with Gasteiger partial charge >= 0.3 is 0 Å². The Bertz CT molecular complexity index is 362. The lowest BCUT2D eigenvalue weighted by molar-refractivity contribution is 0.419. The molecule has 0 bridgehead atoms. The Labute approximate surface area is 80.8 Å². The van der Waals surface area contributed by atoms with Crippen LogP contribution < -0.4 is 0 Å². The van der Waals surface area contributed by atoms with Gasteiger partial charge in [-0.1, -0.05) is 6.58 Å². The van der Waals surface area contributed by atoms with Gasteiger partial charge in [-0.3, -0.25) is 4.57 Å². The van der Waals surface area contributed by atoms with Gasteiger partial charge in [0.25, 0.3) is 0 Å². The van der Waals surface area contributed by atoms with E-state index in [1.54, 1.807) is 4.57 Å². The number of hydrogen-bond acceptors (Lipinski definition) is 3. The van der Waals surface area contributed by atoms with Crippen LogP contribution in [0, 0.1) is 3.95 Å². The molecular formula is C8H11NOS2. The molecule has 0 spiro atoms. The molecule has 0 atom stereocenters. The largest absolute Gasteiger partial charge is 0.493 e. The van der Waals surface area contributed by atoms with Crippen molar-refractivity contribution in [2.45, 2.75) is 20.4 Å². The van der Waals surface area contributed by atoms with Gasteiger partial charge in [0, 0.05) is 6.54 Å². The molecule has 0 aliphatic rings. The van der Waals surface area contributed by atoms with Gasteiger partial charge < -0.3 is 5.11 Å². The van der Waals surface area contributed by atoms with Crippen molar-refractivity contribution in [1.82, 2.24) is 4.57 Å². The molecule has 0 amide bonds. The number of hydrogen-bond donors (Lipinski definition) is 1. The Hall–Kier alpha value is -0.610. The molecular weight excluding hydrogens is 190 g/mol. The lowest BCUT2D eigenvalue weighted by atomic mass is 10.3. The fourth-order valence-corrected chi connectivity index (χ4v) is 2.30. The molecule has 0 saturated heterocycles. The molecule has 0 radical (unpaired) electrons. The number of aromatic nitrogens is 1. The van der Waals surface area contributed by atoms with Crippen LogP contribution in [0.25, 0.3) is 5.57 Å². The summed E-state index contributed by atoms with van der Waals surface area (Å²) in [5, 5.41) is 9.63. The first-order valence-electron chi connectivity index (χ1n) is 3.66. The third-order valence-corrected chi connectivity index (χ3v) is 3.17. The number of nitrogens with zero attached hydrogens (tertiary/aromatic N) is 1. The summed E-state index contributed by atoms with van der Waals surface area (Å²) in [7, 11) is 0. The van der Waals surface area contributed by atoms with E-state index in [-0.39, 0.29) is 5.88 Å². The van der Waals surface area contributed by atoms with E-state index in [9.17, 15) is 5.11 Å². The van der Waals surface area contributed by atoms with Gasteiger partial charge in [-0.15, -0.1) is 11.3 Å². The molecule has 1 heterocycles. The van der Waals surface area contributed by atoms with E-state index >= 15 is 0 Å². The van der Waals surface area contributed by atoms with E-state index in [1.807, 2.05) is 13.8 Å². The Balaban J connectivity index is 3.36. The summed E-state index contributed by atoms with van der Waals surface area (Å²) < 4.78 is 2.40. The Morgan fingerprint density at radius 3 is 2.58 bits per heavy atom. The zero-order valence-electron chi connectivity index (χ0n) is 7.13. The van der Waals surface area contributed by atoms with E-state index in [0.29, 0.717) is 10.5 Å². The molecule has 66 valence electrons. The average Bonchev–Trinajstić information content (AvgIpc) is 2.27. The maximum atomic E-state index is 9.63. The first-order valence-corrected chi connectivity index (χ1v) is 4.88. The first-order chi connectivity index (χ1) is 5.57. The van der Waals surface area contributed by atoms with E-state index in [1.165, 1.54) is 11.3 Å². The minimum absolute atomic E-state index is 0.250. The summed E-state index contributed by atoms with van der Waals surface area (Å²) in [5.74, 6) is 0.250. The van der Waals surface area contributed by atoms with Gasteiger partial charge in [0.2, 0.25) is 5.88 Å². The van der Waals surface area contributed by atoms with Gasteiger partial charge in [-0.05, 0) is 31.6 Å². The quantitative estimate of drug-likeness (QED) is 0.744. The maximum Gasteiger partial charge on any atom is 0.210 e. The monoisotopic (exact) mass is 201 g/mol. The number of thiazole rings is 1. The standard InChI is InChI=1S/C8H11NOS2/c1-4-9-7(10)6(5(2)3)12-8(9)11/h10H,2,4H2,1,3H3. The molecule has 1 N–H and O–H groups in total. The molecule has 4 heteroatoms. The summed E-state index contributed by atoms with van der Waals surface area (Å²) in [6.45, 7) is 8.28. The predicted molar refractivity (Wildman–Crippen MR) is 55.2 cm³/mol. The lowest BCUT2D eigenvalue weighted by Gasteiger charge is -1.99. The second-order valence-electron chi connectivity index (χ2n) is 2.55. The molecule has 1 aromatic rings. The zero-order valence-corrected chi connectivity index (χ0v) is 8.76. The highest BCUT2D eigenvalue weighted by Crippen LogP contribution is 2.30. The third-order valence-electron chi connectivity index (χ3n) is 1.57. The number of rotatable bonds is 2. The number of allylic oxidation sites excluding steroid dienone is 1. The van der Waals surface area contributed by atoms with E-state index < -0.39 is 0 Å². The van der Waals surface area contributed by atoms with Crippen LogP contribution in [0.5, 0.6) is 5.88 Å². The van der Waals surface area contributed by atoms with Crippen molar-refractivity contribution < 1.29 is 5.11 Å². The van der Waals surface area contributed by atoms with Crippen LogP contribution >= 0.6 is 23.6 Å².